The monoisotopic (exact) mass is 601 g/mol. The maximum atomic E-state index is 13.9. The summed E-state index contributed by atoms with van der Waals surface area (Å²) in [6, 6.07) is 19.2. The Hall–Kier alpha value is -3.90. The summed E-state index contributed by atoms with van der Waals surface area (Å²) in [6.07, 6.45) is -0.350. The van der Waals surface area contributed by atoms with E-state index in [1.54, 1.807) is 43.3 Å². The van der Waals surface area contributed by atoms with E-state index in [1.807, 2.05) is 32.0 Å². The van der Waals surface area contributed by atoms with Crippen LogP contribution < -0.4 is 10.1 Å². The zero-order valence-corrected chi connectivity index (χ0v) is 24.4. The summed E-state index contributed by atoms with van der Waals surface area (Å²) >= 11 is 0. The molecule has 0 bridgehead atoms. The summed E-state index contributed by atoms with van der Waals surface area (Å²) in [5.74, 6) is -2.17. The van der Waals surface area contributed by atoms with E-state index in [2.05, 4.69) is 15.0 Å². The van der Waals surface area contributed by atoms with Crippen LogP contribution in [0, 0.1) is 6.92 Å². The Kier molecular flexibility index (Phi) is 9.57. The zero-order valence-electron chi connectivity index (χ0n) is 23.5. The van der Waals surface area contributed by atoms with Gasteiger partial charge in [-0.3, -0.25) is 9.59 Å². The number of aromatic nitrogens is 1. The minimum absolute atomic E-state index is 0.00897. The van der Waals surface area contributed by atoms with Gasteiger partial charge in [-0.2, -0.15) is 13.1 Å². The number of rotatable bonds is 12. The molecule has 3 aromatic rings. The first-order valence-corrected chi connectivity index (χ1v) is 15.0. The average molecular weight is 602 g/mol. The number of esters is 1. The standard InChI is InChI=1S/C30H33F2N3O6S/c1-20(2)23-11-7-8-12-24(23)30(28(37)34-25-14-13-21(3)33-27(25)41-29(31)32)18-35(19-30)42(38,39)16-15-26(36)40-17-22-9-5-4-6-10-22/h4-14,20,29H,15-19H2,1-3H3,(H,34,37). The van der Waals surface area contributed by atoms with Gasteiger partial charge in [-0.1, -0.05) is 68.4 Å². The highest BCUT2D eigenvalue weighted by Gasteiger charge is 2.55. The van der Waals surface area contributed by atoms with Gasteiger partial charge in [0.05, 0.1) is 12.2 Å². The molecule has 42 heavy (non-hydrogen) atoms. The number of hydrogen-bond acceptors (Lipinski definition) is 7. The van der Waals surface area contributed by atoms with Crippen molar-refractivity contribution in [2.24, 2.45) is 0 Å². The molecule has 1 aromatic heterocycles. The number of pyridine rings is 1. The third-order valence-electron chi connectivity index (χ3n) is 7.07. The van der Waals surface area contributed by atoms with E-state index < -0.39 is 45.6 Å². The van der Waals surface area contributed by atoms with E-state index in [0.29, 0.717) is 11.3 Å². The van der Waals surface area contributed by atoms with E-state index in [0.717, 1.165) is 15.4 Å². The number of carbonyl (C=O) groups is 2. The van der Waals surface area contributed by atoms with Crippen LogP contribution in [0.1, 0.15) is 48.6 Å². The molecule has 0 unspecified atom stereocenters. The molecule has 1 amide bonds. The van der Waals surface area contributed by atoms with Crippen molar-refractivity contribution in [3.63, 3.8) is 0 Å². The summed E-state index contributed by atoms with van der Waals surface area (Å²) in [7, 11) is -3.93. The number of amides is 1. The summed E-state index contributed by atoms with van der Waals surface area (Å²) in [6.45, 7) is 1.98. The molecule has 1 fully saturated rings. The second kappa shape index (κ2) is 13.0. The lowest BCUT2D eigenvalue weighted by Crippen LogP contribution is -2.66. The van der Waals surface area contributed by atoms with Crippen LogP contribution in [-0.4, -0.2) is 55.0 Å². The van der Waals surface area contributed by atoms with Crippen molar-refractivity contribution in [1.82, 2.24) is 9.29 Å². The Morgan fingerprint density at radius 2 is 1.69 bits per heavy atom. The van der Waals surface area contributed by atoms with Gasteiger partial charge in [0.1, 0.15) is 17.7 Å². The largest absolute Gasteiger partial charge is 0.461 e. The fourth-order valence-electron chi connectivity index (χ4n) is 4.82. The predicted molar refractivity (Wildman–Crippen MR) is 153 cm³/mol. The second-order valence-electron chi connectivity index (χ2n) is 10.4. The number of hydrogen-bond donors (Lipinski definition) is 1. The van der Waals surface area contributed by atoms with Crippen molar-refractivity contribution in [3.05, 3.63) is 89.1 Å². The van der Waals surface area contributed by atoms with Gasteiger partial charge < -0.3 is 14.8 Å². The van der Waals surface area contributed by atoms with Crippen LogP contribution in [0.25, 0.3) is 0 Å². The van der Waals surface area contributed by atoms with Gasteiger partial charge >= 0.3 is 12.6 Å². The lowest BCUT2D eigenvalue weighted by Gasteiger charge is -2.49. The molecular weight excluding hydrogens is 568 g/mol. The number of ether oxygens (including phenoxy) is 2. The molecule has 1 N–H and O–H groups in total. The molecule has 12 heteroatoms. The van der Waals surface area contributed by atoms with Crippen molar-refractivity contribution < 1.29 is 36.3 Å². The van der Waals surface area contributed by atoms with Crippen LogP contribution in [-0.2, 0) is 36.4 Å². The number of sulfonamides is 1. The predicted octanol–water partition coefficient (Wildman–Crippen LogP) is 4.77. The van der Waals surface area contributed by atoms with Crippen LogP contribution >= 0.6 is 0 Å². The fourth-order valence-corrected chi connectivity index (χ4v) is 6.34. The fraction of sp³-hybridized carbons (Fsp3) is 0.367. The molecule has 1 aliphatic heterocycles. The highest BCUT2D eigenvalue weighted by atomic mass is 32.2. The van der Waals surface area contributed by atoms with Crippen molar-refractivity contribution in [1.29, 1.82) is 0 Å². The van der Waals surface area contributed by atoms with Gasteiger partial charge in [0.25, 0.3) is 0 Å². The lowest BCUT2D eigenvalue weighted by molar-refractivity contribution is -0.144. The number of carbonyl (C=O) groups excluding carboxylic acids is 2. The number of aryl methyl sites for hydroxylation is 1. The molecule has 9 nitrogen and oxygen atoms in total. The molecule has 2 aromatic carbocycles. The van der Waals surface area contributed by atoms with Crippen LogP contribution in [0.4, 0.5) is 14.5 Å². The van der Waals surface area contributed by atoms with Crippen molar-refractivity contribution >= 4 is 27.6 Å². The highest BCUT2D eigenvalue weighted by molar-refractivity contribution is 7.89. The van der Waals surface area contributed by atoms with Gasteiger partial charge in [0, 0.05) is 18.8 Å². The lowest BCUT2D eigenvalue weighted by atomic mass is 9.71. The maximum Gasteiger partial charge on any atom is 0.388 e. The Bertz CT molecular complexity index is 1530. The van der Waals surface area contributed by atoms with Gasteiger partial charge in [-0.15, -0.1) is 0 Å². The van der Waals surface area contributed by atoms with Gasteiger partial charge in [0.2, 0.25) is 21.8 Å². The molecule has 0 radical (unpaired) electrons. The van der Waals surface area contributed by atoms with E-state index in [-0.39, 0.29) is 37.7 Å². The summed E-state index contributed by atoms with van der Waals surface area (Å²) < 4.78 is 63.4. The quantitative estimate of drug-likeness (QED) is 0.298. The summed E-state index contributed by atoms with van der Waals surface area (Å²) in [5.41, 5.74) is 1.28. The van der Waals surface area contributed by atoms with E-state index in [9.17, 15) is 26.8 Å². The zero-order chi connectivity index (χ0) is 30.5. The topological polar surface area (TPSA) is 115 Å². The summed E-state index contributed by atoms with van der Waals surface area (Å²) in [5, 5.41) is 2.65. The van der Waals surface area contributed by atoms with Gasteiger partial charge in [0.15, 0.2) is 0 Å². The third-order valence-corrected chi connectivity index (χ3v) is 8.84. The minimum atomic E-state index is -3.93. The van der Waals surface area contributed by atoms with E-state index in [1.165, 1.54) is 12.1 Å². The molecule has 4 rings (SSSR count). The number of nitrogens with zero attached hydrogens (tertiary/aromatic N) is 2. The number of alkyl halides is 2. The molecule has 0 aliphatic carbocycles. The first-order valence-electron chi connectivity index (χ1n) is 13.4. The second-order valence-corrected chi connectivity index (χ2v) is 12.5. The van der Waals surface area contributed by atoms with Crippen molar-refractivity contribution in [3.8, 4) is 5.88 Å². The van der Waals surface area contributed by atoms with Crippen LogP contribution in [0.15, 0.2) is 66.7 Å². The Balaban J connectivity index is 1.53. The van der Waals surface area contributed by atoms with Crippen LogP contribution in [0.3, 0.4) is 0 Å². The summed E-state index contributed by atoms with van der Waals surface area (Å²) in [4.78, 5) is 30.1. The first-order chi connectivity index (χ1) is 19.9. The third kappa shape index (κ3) is 7.11. The Morgan fingerprint density at radius 1 is 1.02 bits per heavy atom. The van der Waals surface area contributed by atoms with Gasteiger partial charge in [-0.05, 0) is 41.7 Å². The Labute approximate surface area is 243 Å². The van der Waals surface area contributed by atoms with Crippen LogP contribution in [0.2, 0.25) is 0 Å². The number of nitrogens with one attached hydrogen (secondary N) is 1. The molecule has 1 aliphatic rings. The van der Waals surface area contributed by atoms with Crippen LogP contribution in [0.5, 0.6) is 5.88 Å². The molecule has 224 valence electrons. The SMILES string of the molecule is Cc1ccc(NC(=O)C2(c3ccccc3C(C)C)CN(S(=O)(=O)CCC(=O)OCc3ccccc3)C2)c(OC(F)F)n1. The van der Waals surface area contributed by atoms with E-state index in [4.69, 9.17) is 4.74 Å². The molecule has 1 saturated heterocycles. The minimum Gasteiger partial charge on any atom is -0.461 e. The normalized spacial score (nSPS) is 14.8. The molecular formula is C30H33F2N3O6S. The van der Waals surface area contributed by atoms with E-state index >= 15 is 0 Å². The van der Waals surface area contributed by atoms with Crippen molar-refractivity contribution in [2.45, 2.75) is 51.7 Å². The number of benzene rings is 2. The number of halogens is 2. The maximum absolute atomic E-state index is 13.9. The van der Waals surface area contributed by atoms with Gasteiger partial charge in [-0.25, -0.2) is 13.4 Å². The van der Waals surface area contributed by atoms with Crippen molar-refractivity contribution in [2.75, 3.05) is 24.2 Å². The molecule has 0 atom stereocenters. The molecule has 0 saturated carbocycles. The molecule has 0 spiro atoms. The number of anilines is 1. The molecule has 2 heterocycles. The first kappa shape index (κ1) is 31.0. The smallest absolute Gasteiger partial charge is 0.388 e. The highest BCUT2D eigenvalue weighted by Crippen LogP contribution is 2.42. The Morgan fingerprint density at radius 3 is 2.36 bits per heavy atom. The average Bonchev–Trinajstić information content (AvgIpc) is 2.92.